The number of aliphatic hydroxyl groups is 1. The van der Waals surface area contributed by atoms with E-state index in [0.29, 0.717) is 59.3 Å². The van der Waals surface area contributed by atoms with E-state index in [4.69, 9.17) is 19.2 Å². The molecule has 4 atom stereocenters. The van der Waals surface area contributed by atoms with E-state index in [-0.39, 0.29) is 42.5 Å². The van der Waals surface area contributed by atoms with Crippen LogP contribution in [0.2, 0.25) is 0 Å². The van der Waals surface area contributed by atoms with Gasteiger partial charge in [0.25, 0.3) is 5.88 Å². The highest BCUT2D eigenvalue weighted by Crippen LogP contribution is 2.60. The van der Waals surface area contributed by atoms with Crippen molar-refractivity contribution >= 4 is 40.1 Å². The number of phenolic OH excluding ortho intramolecular Hbond substituents is 1. The second kappa shape index (κ2) is 20.1. The summed E-state index contributed by atoms with van der Waals surface area (Å²) < 4.78 is 12.0. The van der Waals surface area contributed by atoms with E-state index in [0.717, 1.165) is 96.1 Å². The van der Waals surface area contributed by atoms with Crippen molar-refractivity contribution in [3.05, 3.63) is 112 Å². The number of piperidine rings is 1. The van der Waals surface area contributed by atoms with Crippen molar-refractivity contribution in [2.45, 2.75) is 122 Å². The maximum absolute atomic E-state index is 14.2. The number of aliphatic hydroxyl groups excluding tert-OH is 1. The first-order chi connectivity index (χ1) is 36.4. The molecule has 3 aliphatic heterocycles. The number of thiazole rings is 1. The molecular weight excluding hydrogens is 967 g/mol. The number of anilines is 1. The summed E-state index contributed by atoms with van der Waals surface area (Å²) in [5, 5.41) is 38.3. The third-order valence-corrected chi connectivity index (χ3v) is 18.0. The summed E-state index contributed by atoms with van der Waals surface area (Å²) >= 11 is 1.60. The van der Waals surface area contributed by atoms with Crippen molar-refractivity contribution in [3.63, 3.8) is 0 Å². The molecule has 7 aromatic rings. The van der Waals surface area contributed by atoms with Crippen LogP contribution < -0.4 is 15.0 Å². The molecule has 0 unspecified atom stereocenters. The van der Waals surface area contributed by atoms with Crippen LogP contribution in [0.1, 0.15) is 117 Å². The average Bonchev–Trinajstić information content (AvgIpc) is 4.22. The molecule has 2 saturated heterocycles. The number of aromatic amines is 1. The van der Waals surface area contributed by atoms with Gasteiger partial charge in [-0.25, -0.2) is 15.0 Å². The van der Waals surface area contributed by atoms with Crippen LogP contribution in [0.15, 0.2) is 83.1 Å². The van der Waals surface area contributed by atoms with Crippen LogP contribution in [0.5, 0.6) is 11.6 Å². The number of β-amino-alcohol motifs (C(OH)–C–C–N with tert-alkyl or cyclic N) is 1. The Kier molecular flexibility index (Phi) is 13.1. The quantitative estimate of drug-likeness (QED) is 0.0805. The van der Waals surface area contributed by atoms with Crippen LogP contribution in [0, 0.1) is 24.2 Å². The van der Waals surface area contributed by atoms with Gasteiger partial charge in [-0.1, -0.05) is 50.2 Å². The fraction of sp³-hybridized carbons (Fsp3) is 0.474. The zero-order valence-electron chi connectivity index (χ0n) is 43.0. The first kappa shape index (κ1) is 49.1. The zero-order valence-corrected chi connectivity index (χ0v) is 43.8. The van der Waals surface area contributed by atoms with E-state index in [2.05, 4.69) is 47.4 Å². The van der Waals surface area contributed by atoms with Gasteiger partial charge in [-0.2, -0.15) is 0 Å². The van der Waals surface area contributed by atoms with Crippen LogP contribution in [0.3, 0.4) is 0 Å². The number of benzene rings is 2. The number of rotatable bonds is 14. The first-order valence-corrected chi connectivity index (χ1v) is 27.6. The van der Waals surface area contributed by atoms with Crippen molar-refractivity contribution in [3.8, 4) is 33.3 Å². The summed E-state index contributed by atoms with van der Waals surface area (Å²) in [6, 6.07) is 18.9. The number of aryl methyl sites for hydroxylation is 1. The fourth-order valence-corrected chi connectivity index (χ4v) is 13.9. The molecule has 4 fully saturated rings. The topological polar surface area (TPSA) is 212 Å². The van der Waals surface area contributed by atoms with Gasteiger partial charge in [0.1, 0.15) is 17.7 Å². The van der Waals surface area contributed by atoms with E-state index < -0.39 is 18.1 Å². The van der Waals surface area contributed by atoms with Crippen molar-refractivity contribution in [1.29, 1.82) is 0 Å². The molecule has 18 heteroatoms. The Morgan fingerprint density at radius 3 is 2.49 bits per heavy atom. The summed E-state index contributed by atoms with van der Waals surface area (Å²) in [4.78, 5) is 53.1. The third-order valence-electron chi connectivity index (χ3n) is 17.1. The maximum atomic E-state index is 14.2. The number of nitrogens with one attached hydrogen (secondary N) is 2. The van der Waals surface area contributed by atoms with Crippen LogP contribution >= 0.6 is 11.3 Å². The predicted octanol–water partition coefficient (Wildman–Crippen LogP) is 8.50. The molecule has 4 N–H and O–H groups in total. The van der Waals surface area contributed by atoms with Gasteiger partial charge in [0.15, 0.2) is 11.4 Å². The van der Waals surface area contributed by atoms with E-state index >= 15 is 0 Å². The number of carbonyl (C=O) groups excluding carboxylic acids is 2. The van der Waals surface area contributed by atoms with Gasteiger partial charge in [0.2, 0.25) is 17.8 Å². The highest BCUT2D eigenvalue weighted by molar-refractivity contribution is 7.13. The van der Waals surface area contributed by atoms with Gasteiger partial charge in [-0.15, -0.1) is 21.5 Å². The summed E-state index contributed by atoms with van der Waals surface area (Å²) in [5.74, 6) is 1.18. The first-order valence-electron chi connectivity index (χ1n) is 26.7. The number of likely N-dealkylation sites (tertiary alicyclic amines) is 2. The second-order valence-electron chi connectivity index (χ2n) is 22.3. The number of ether oxygens (including phenoxy) is 1. The van der Waals surface area contributed by atoms with Gasteiger partial charge in [0, 0.05) is 79.2 Å². The van der Waals surface area contributed by atoms with Crippen LogP contribution in [0.4, 0.5) is 5.95 Å². The molecule has 2 aromatic carbocycles. The standard InChI is InChI=1S/C57H65N11O6S/c1-32(2)50(55(72)68-29-41(69)19-46(68)54(71)58-26-35-9-11-38(12-10-35)52-33(3)61-31-75-52)48-21-49(65-74-48)73-30-36-22-57(23-36)24-40(25-57)66-16-13-37(14-17-66)39-27-59-56(60-28-39)67-18-15-44-51(34(67)4)43-20-45(63-64-53(43)62-44)42-7-5-6-8-47(42)70/h5-12,20-21,27-28,31-32,34,36-37,40-41,46,50,69-70H,13-19,22-26,29-30H2,1-4H3,(H,58,71)(H,62,64)/t34-,36?,40?,41-,46+,50-,57?/m1/s1. The Bertz CT molecular complexity index is 3190. The number of hydrogen-bond donors (Lipinski definition) is 4. The monoisotopic (exact) mass is 1030 g/mol. The molecule has 8 heterocycles. The molecule has 2 saturated carbocycles. The Morgan fingerprint density at radius 2 is 1.76 bits per heavy atom. The molecule has 12 rings (SSSR count). The summed E-state index contributed by atoms with van der Waals surface area (Å²) in [7, 11) is 0. The maximum Gasteiger partial charge on any atom is 0.254 e. The van der Waals surface area contributed by atoms with Gasteiger partial charge < -0.3 is 44.5 Å². The Balaban J connectivity index is 0.587. The lowest BCUT2D eigenvalue weighted by Crippen LogP contribution is -2.58. The number of para-hydroxylation sites is 1. The van der Waals surface area contributed by atoms with E-state index in [1.165, 1.54) is 28.9 Å². The lowest BCUT2D eigenvalue weighted by molar-refractivity contribution is -0.141. The van der Waals surface area contributed by atoms with Gasteiger partial charge >= 0.3 is 0 Å². The van der Waals surface area contributed by atoms with Crippen LogP contribution in [-0.4, -0.2) is 118 Å². The molecule has 17 nitrogen and oxygen atoms in total. The van der Waals surface area contributed by atoms with Crippen molar-refractivity contribution in [1.82, 2.24) is 50.4 Å². The molecule has 2 aliphatic carbocycles. The van der Waals surface area contributed by atoms with Crippen molar-refractivity contribution in [2.75, 3.05) is 37.7 Å². The summed E-state index contributed by atoms with van der Waals surface area (Å²) in [6.07, 6.45) is 11.2. The van der Waals surface area contributed by atoms with E-state index in [1.54, 1.807) is 29.5 Å². The highest BCUT2D eigenvalue weighted by Gasteiger charge is 2.54. The number of nitrogens with zero attached hydrogens (tertiary/aromatic N) is 9. The molecule has 0 radical (unpaired) electrons. The molecular formula is C57H65N11O6S. The number of fused-ring (bicyclic) bond motifs is 3. The SMILES string of the molecule is Cc1ncsc1-c1ccc(CNC(=O)[C@@H]2C[C@@H](O)CN2C(=O)[C@@H](c2cc(OCC3CC4(C3)CC(N3CCC(c5cnc(N6CCc7[nH]c8nnc(-c9ccccc9O)cc8c7[C@H]6C)nc5)CC3)C4)no2)C(C)C)cc1. The second-order valence-corrected chi connectivity index (χ2v) is 23.1. The Labute approximate surface area is 440 Å². The zero-order chi connectivity index (χ0) is 51.5. The Hall–Kier alpha value is -6.76. The van der Waals surface area contributed by atoms with E-state index in [1.807, 2.05) is 81.1 Å². The lowest BCUT2D eigenvalue weighted by Gasteiger charge is -2.60. The molecule has 75 heavy (non-hydrogen) atoms. The molecule has 0 bridgehead atoms. The molecule has 390 valence electrons. The van der Waals surface area contributed by atoms with Crippen molar-refractivity contribution < 1.29 is 29.1 Å². The number of hydrogen-bond acceptors (Lipinski definition) is 15. The number of aromatic hydroxyl groups is 1. The number of aromatic nitrogens is 7. The minimum absolute atomic E-state index is 0.0299. The molecule has 5 aromatic heterocycles. The van der Waals surface area contributed by atoms with Gasteiger partial charge in [-0.3, -0.25) is 9.59 Å². The summed E-state index contributed by atoms with van der Waals surface area (Å²) in [5.41, 5.74) is 10.8. The number of carbonyl (C=O) groups is 2. The third kappa shape index (κ3) is 9.54. The minimum Gasteiger partial charge on any atom is -0.507 e. The fourth-order valence-electron chi connectivity index (χ4n) is 13.1. The Morgan fingerprint density at radius 1 is 0.987 bits per heavy atom. The average molecular weight is 1030 g/mol. The van der Waals surface area contributed by atoms with Crippen molar-refractivity contribution in [2.24, 2.45) is 17.3 Å². The summed E-state index contributed by atoms with van der Waals surface area (Å²) in [6.45, 7) is 12.0. The lowest BCUT2D eigenvalue weighted by atomic mass is 9.50. The number of H-pyrrole nitrogens is 1. The van der Waals surface area contributed by atoms with Gasteiger partial charge in [0.05, 0.1) is 40.5 Å². The minimum atomic E-state index is -0.803. The van der Waals surface area contributed by atoms with Gasteiger partial charge in [-0.05, 0) is 129 Å². The predicted molar refractivity (Wildman–Crippen MR) is 284 cm³/mol. The molecule has 1 spiro atoms. The highest BCUT2D eigenvalue weighted by atomic mass is 32.1. The van der Waals surface area contributed by atoms with E-state index in [9.17, 15) is 19.8 Å². The largest absolute Gasteiger partial charge is 0.507 e. The molecule has 2 amide bonds. The number of phenols is 1. The van der Waals surface area contributed by atoms with Crippen LogP contribution in [-0.2, 0) is 22.6 Å². The smallest absolute Gasteiger partial charge is 0.254 e. The number of amides is 2. The normalized spacial score (nSPS) is 24.3. The molecule has 5 aliphatic rings. The van der Waals surface area contributed by atoms with Crippen LogP contribution in [0.25, 0.3) is 32.7 Å².